The number of aromatic nitrogens is 3. The van der Waals surface area contributed by atoms with E-state index >= 15 is 0 Å². The van der Waals surface area contributed by atoms with Crippen LogP contribution in [0.4, 0.5) is 0 Å². The summed E-state index contributed by atoms with van der Waals surface area (Å²) in [5.74, 6) is 0. The van der Waals surface area contributed by atoms with E-state index < -0.39 is 0 Å². The zero-order valence-corrected chi connectivity index (χ0v) is 6.86. The Kier molecular flexibility index (Phi) is 1.43. The van der Waals surface area contributed by atoms with Crippen molar-refractivity contribution in [1.82, 2.24) is 14.6 Å². The molecule has 2 rings (SSSR count). The topological polar surface area (TPSA) is 30.2 Å². The van der Waals surface area contributed by atoms with Crippen LogP contribution in [0.1, 0.15) is 12.5 Å². The standard InChI is InChI=1S/C9H9N3/c1-7(2)8-6-11-12-5-3-4-10-9(8)12/h3-6H,1H2,2H3. The van der Waals surface area contributed by atoms with Gasteiger partial charge in [0.25, 0.3) is 0 Å². The van der Waals surface area contributed by atoms with Gasteiger partial charge in [0.1, 0.15) is 0 Å². The van der Waals surface area contributed by atoms with Crippen molar-refractivity contribution in [2.75, 3.05) is 0 Å². The fraction of sp³-hybridized carbons (Fsp3) is 0.111. The summed E-state index contributed by atoms with van der Waals surface area (Å²) in [6, 6.07) is 1.85. The predicted octanol–water partition coefficient (Wildman–Crippen LogP) is 1.76. The van der Waals surface area contributed by atoms with Crippen molar-refractivity contribution in [3.05, 3.63) is 36.8 Å². The molecular weight excluding hydrogens is 150 g/mol. The van der Waals surface area contributed by atoms with Gasteiger partial charge in [0.2, 0.25) is 0 Å². The summed E-state index contributed by atoms with van der Waals surface area (Å²) in [5, 5.41) is 4.13. The minimum absolute atomic E-state index is 0.866. The smallest absolute Gasteiger partial charge is 0.162 e. The second kappa shape index (κ2) is 2.44. The van der Waals surface area contributed by atoms with Gasteiger partial charge in [0.15, 0.2) is 5.65 Å². The predicted molar refractivity (Wildman–Crippen MR) is 47.7 cm³/mol. The molecule has 0 radical (unpaired) electrons. The van der Waals surface area contributed by atoms with Crippen LogP contribution in [0.25, 0.3) is 11.2 Å². The Labute approximate surface area is 70.4 Å². The maximum Gasteiger partial charge on any atom is 0.162 e. The van der Waals surface area contributed by atoms with Gasteiger partial charge in [-0.05, 0) is 18.6 Å². The van der Waals surface area contributed by atoms with Gasteiger partial charge in [0, 0.05) is 18.0 Å². The third kappa shape index (κ3) is 0.906. The number of nitrogens with zero attached hydrogens (tertiary/aromatic N) is 3. The lowest BCUT2D eigenvalue weighted by Crippen LogP contribution is -1.87. The largest absolute Gasteiger partial charge is 0.236 e. The van der Waals surface area contributed by atoms with E-state index in [1.807, 2.05) is 19.2 Å². The van der Waals surface area contributed by atoms with E-state index in [1.54, 1.807) is 16.9 Å². The summed E-state index contributed by atoms with van der Waals surface area (Å²) >= 11 is 0. The summed E-state index contributed by atoms with van der Waals surface area (Å²) < 4.78 is 1.74. The fourth-order valence-electron chi connectivity index (χ4n) is 1.13. The van der Waals surface area contributed by atoms with Gasteiger partial charge in [-0.25, -0.2) is 9.50 Å². The highest BCUT2D eigenvalue weighted by Crippen LogP contribution is 2.14. The number of hydrogen-bond acceptors (Lipinski definition) is 2. The van der Waals surface area contributed by atoms with Crippen LogP contribution in [-0.4, -0.2) is 14.6 Å². The molecule has 0 saturated heterocycles. The van der Waals surface area contributed by atoms with Gasteiger partial charge in [-0.1, -0.05) is 6.58 Å². The molecule has 0 aliphatic carbocycles. The van der Waals surface area contributed by atoms with Gasteiger partial charge >= 0.3 is 0 Å². The van der Waals surface area contributed by atoms with Crippen LogP contribution in [0, 0.1) is 0 Å². The third-order valence-corrected chi connectivity index (χ3v) is 1.74. The van der Waals surface area contributed by atoms with Gasteiger partial charge in [-0.3, -0.25) is 0 Å². The van der Waals surface area contributed by atoms with Crippen LogP contribution in [0.2, 0.25) is 0 Å². The Morgan fingerprint density at radius 3 is 3.17 bits per heavy atom. The summed E-state index contributed by atoms with van der Waals surface area (Å²) in [5.41, 5.74) is 2.87. The Balaban J connectivity index is 2.79. The van der Waals surface area contributed by atoms with Gasteiger partial charge in [-0.2, -0.15) is 5.10 Å². The van der Waals surface area contributed by atoms with E-state index in [0.29, 0.717) is 0 Å². The fourth-order valence-corrected chi connectivity index (χ4v) is 1.13. The molecule has 3 nitrogen and oxygen atoms in total. The molecule has 0 bridgehead atoms. The van der Waals surface area contributed by atoms with E-state index in [1.165, 1.54) is 0 Å². The van der Waals surface area contributed by atoms with Gasteiger partial charge in [0.05, 0.1) is 6.20 Å². The molecule has 0 amide bonds. The maximum atomic E-state index is 4.20. The van der Waals surface area contributed by atoms with Crippen LogP contribution in [-0.2, 0) is 0 Å². The molecule has 0 N–H and O–H groups in total. The van der Waals surface area contributed by atoms with Crippen molar-refractivity contribution in [3.63, 3.8) is 0 Å². The first kappa shape index (κ1) is 7.03. The van der Waals surface area contributed by atoms with Crippen molar-refractivity contribution >= 4 is 11.2 Å². The minimum atomic E-state index is 0.866. The van der Waals surface area contributed by atoms with Crippen LogP contribution in [0.5, 0.6) is 0 Å². The number of rotatable bonds is 1. The monoisotopic (exact) mass is 159 g/mol. The summed E-state index contributed by atoms with van der Waals surface area (Å²) in [4.78, 5) is 4.20. The summed E-state index contributed by atoms with van der Waals surface area (Å²) in [7, 11) is 0. The average Bonchev–Trinajstić information content (AvgIpc) is 2.47. The molecule has 0 spiro atoms. The molecule has 12 heavy (non-hydrogen) atoms. The quantitative estimate of drug-likeness (QED) is 0.634. The second-order valence-electron chi connectivity index (χ2n) is 2.73. The summed E-state index contributed by atoms with van der Waals surface area (Å²) in [6.07, 6.45) is 5.41. The third-order valence-electron chi connectivity index (χ3n) is 1.74. The van der Waals surface area contributed by atoms with E-state index in [0.717, 1.165) is 16.8 Å². The van der Waals surface area contributed by atoms with Crippen molar-refractivity contribution in [2.24, 2.45) is 0 Å². The van der Waals surface area contributed by atoms with E-state index in [2.05, 4.69) is 16.7 Å². The first-order valence-electron chi connectivity index (χ1n) is 3.73. The molecule has 0 aromatic carbocycles. The molecule has 0 aliphatic rings. The summed E-state index contributed by atoms with van der Waals surface area (Å²) in [6.45, 7) is 5.80. The highest BCUT2D eigenvalue weighted by Gasteiger charge is 2.03. The highest BCUT2D eigenvalue weighted by atomic mass is 15.2. The molecule has 3 heteroatoms. The van der Waals surface area contributed by atoms with E-state index in [-0.39, 0.29) is 0 Å². The normalized spacial score (nSPS) is 10.4. The number of allylic oxidation sites excluding steroid dienone is 1. The molecule has 0 saturated carbocycles. The van der Waals surface area contributed by atoms with Crippen molar-refractivity contribution in [2.45, 2.75) is 6.92 Å². The van der Waals surface area contributed by atoms with Crippen LogP contribution < -0.4 is 0 Å². The zero-order chi connectivity index (χ0) is 8.55. The molecule has 0 fully saturated rings. The Bertz CT molecular complexity index is 428. The molecule has 60 valence electrons. The van der Waals surface area contributed by atoms with E-state index in [4.69, 9.17) is 0 Å². The van der Waals surface area contributed by atoms with E-state index in [9.17, 15) is 0 Å². The van der Waals surface area contributed by atoms with Gasteiger partial charge in [-0.15, -0.1) is 0 Å². The van der Waals surface area contributed by atoms with Gasteiger partial charge < -0.3 is 0 Å². The molecule has 2 aromatic rings. The van der Waals surface area contributed by atoms with Crippen LogP contribution in [0.3, 0.4) is 0 Å². The molecule has 0 aliphatic heterocycles. The molecule has 0 atom stereocenters. The number of hydrogen-bond donors (Lipinski definition) is 0. The minimum Gasteiger partial charge on any atom is -0.236 e. The van der Waals surface area contributed by atoms with Crippen molar-refractivity contribution in [1.29, 1.82) is 0 Å². The second-order valence-corrected chi connectivity index (χ2v) is 2.73. The molecule has 2 heterocycles. The van der Waals surface area contributed by atoms with Crippen molar-refractivity contribution in [3.8, 4) is 0 Å². The zero-order valence-electron chi connectivity index (χ0n) is 6.86. The van der Waals surface area contributed by atoms with Crippen LogP contribution in [0.15, 0.2) is 31.2 Å². The molecular formula is C9H9N3. The highest BCUT2D eigenvalue weighted by molar-refractivity contribution is 5.72. The first-order chi connectivity index (χ1) is 5.79. The lowest BCUT2D eigenvalue weighted by Gasteiger charge is -1.93. The lowest BCUT2D eigenvalue weighted by atomic mass is 10.2. The Morgan fingerprint density at radius 1 is 1.58 bits per heavy atom. The first-order valence-corrected chi connectivity index (χ1v) is 3.73. The van der Waals surface area contributed by atoms with Crippen molar-refractivity contribution < 1.29 is 0 Å². The Hall–Kier alpha value is -1.64. The number of fused-ring (bicyclic) bond motifs is 1. The average molecular weight is 159 g/mol. The Morgan fingerprint density at radius 2 is 2.42 bits per heavy atom. The van der Waals surface area contributed by atoms with Crippen LogP contribution >= 0.6 is 0 Å². The molecule has 0 unspecified atom stereocenters. The maximum absolute atomic E-state index is 4.20. The lowest BCUT2D eigenvalue weighted by molar-refractivity contribution is 0.939. The molecule has 2 aromatic heterocycles. The SMILES string of the molecule is C=C(C)c1cnn2cccnc12.